The van der Waals surface area contributed by atoms with E-state index in [1.54, 1.807) is 13.2 Å². The highest BCUT2D eigenvalue weighted by Gasteiger charge is 2.13. The molecule has 28 heavy (non-hydrogen) atoms. The van der Waals surface area contributed by atoms with Crippen molar-refractivity contribution in [2.45, 2.75) is 13.0 Å². The number of fused-ring (bicyclic) bond motifs is 1. The zero-order valence-corrected chi connectivity index (χ0v) is 15.8. The number of benzene rings is 2. The maximum atomic E-state index is 5.42. The molecule has 0 amide bonds. The summed E-state index contributed by atoms with van der Waals surface area (Å²) >= 11 is 0. The van der Waals surface area contributed by atoms with Crippen LogP contribution in [0.2, 0.25) is 0 Å². The molecule has 0 radical (unpaired) electrons. The van der Waals surface area contributed by atoms with Gasteiger partial charge in [-0.25, -0.2) is 4.68 Å². The lowest BCUT2D eigenvalue weighted by Crippen LogP contribution is -2.37. The van der Waals surface area contributed by atoms with Crippen LogP contribution >= 0.6 is 0 Å². The van der Waals surface area contributed by atoms with E-state index in [4.69, 9.17) is 9.47 Å². The van der Waals surface area contributed by atoms with Crippen LogP contribution in [0.5, 0.6) is 11.5 Å². The van der Waals surface area contributed by atoms with Crippen molar-refractivity contribution in [3.8, 4) is 17.2 Å². The predicted molar refractivity (Wildman–Crippen MR) is 108 cm³/mol. The molecule has 0 fully saturated rings. The minimum atomic E-state index is 0.290. The largest absolute Gasteiger partial charge is 0.454 e. The van der Waals surface area contributed by atoms with E-state index in [-0.39, 0.29) is 0 Å². The minimum Gasteiger partial charge on any atom is -0.454 e. The van der Waals surface area contributed by atoms with Crippen LogP contribution in [0, 0.1) is 0 Å². The van der Waals surface area contributed by atoms with Crippen molar-refractivity contribution in [2.24, 2.45) is 4.99 Å². The first-order valence-electron chi connectivity index (χ1n) is 9.24. The highest BCUT2D eigenvalue weighted by molar-refractivity contribution is 5.79. The topological polar surface area (TPSA) is 72.7 Å². The standard InChI is InChI=1S/C21H23N5O2/c1-22-21(24-14-17-5-8-19-20(13-17)28-15-27-19)23-11-9-16-3-6-18(7-4-16)26-12-2-10-25-26/h2-8,10,12-13H,9,11,14-15H2,1H3,(H2,22,23,24). The zero-order chi connectivity index (χ0) is 19.2. The van der Waals surface area contributed by atoms with E-state index in [1.165, 1.54) is 5.56 Å². The molecular formula is C21H23N5O2. The Kier molecular flexibility index (Phi) is 5.42. The third kappa shape index (κ3) is 4.25. The van der Waals surface area contributed by atoms with Crippen LogP contribution < -0.4 is 20.1 Å². The summed E-state index contributed by atoms with van der Waals surface area (Å²) in [5.74, 6) is 2.36. The first-order valence-corrected chi connectivity index (χ1v) is 9.24. The monoisotopic (exact) mass is 377 g/mol. The van der Waals surface area contributed by atoms with Gasteiger partial charge in [0.15, 0.2) is 17.5 Å². The minimum absolute atomic E-state index is 0.290. The van der Waals surface area contributed by atoms with Gasteiger partial charge in [-0.05, 0) is 47.9 Å². The number of guanidine groups is 1. The molecule has 2 aromatic carbocycles. The zero-order valence-electron chi connectivity index (χ0n) is 15.8. The Labute approximate surface area is 164 Å². The van der Waals surface area contributed by atoms with Crippen LogP contribution in [-0.4, -0.2) is 36.1 Å². The summed E-state index contributed by atoms with van der Waals surface area (Å²) in [5, 5.41) is 10.9. The van der Waals surface area contributed by atoms with Gasteiger partial charge in [-0.2, -0.15) is 5.10 Å². The van der Waals surface area contributed by atoms with Crippen molar-refractivity contribution in [3.05, 3.63) is 72.1 Å². The second-order valence-corrected chi connectivity index (χ2v) is 6.41. The molecule has 0 aliphatic carbocycles. The normalized spacial score (nSPS) is 12.8. The molecule has 0 atom stereocenters. The van der Waals surface area contributed by atoms with E-state index < -0.39 is 0 Å². The van der Waals surface area contributed by atoms with Gasteiger partial charge in [0.05, 0.1) is 5.69 Å². The van der Waals surface area contributed by atoms with Gasteiger partial charge in [0.2, 0.25) is 6.79 Å². The number of hydrogen-bond acceptors (Lipinski definition) is 4. The lowest BCUT2D eigenvalue weighted by Gasteiger charge is -2.12. The summed E-state index contributed by atoms with van der Waals surface area (Å²) < 4.78 is 12.6. The molecule has 144 valence electrons. The number of aliphatic imine (C=N–C) groups is 1. The number of nitrogens with zero attached hydrogens (tertiary/aromatic N) is 3. The summed E-state index contributed by atoms with van der Waals surface area (Å²) in [4.78, 5) is 4.28. The van der Waals surface area contributed by atoms with Crippen molar-refractivity contribution >= 4 is 5.96 Å². The molecule has 1 aromatic heterocycles. The summed E-state index contributed by atoms with van der Waals surface area (Å²) in [6.45, 7) is 1.75. The van der Waals surface area contributed by atoms with E-state index in [0.717, 1.165) is 41.7 Å². The Morgan fingerprint density at radius 3 is 2.68 bits per heavy atom. The van der Waals surface area contributed by atoms with Crippen molar-refractivity contribution in [1.82, 2.24) is 20.4 Å². The Morgan fingerprint density at radius 1 is 1.07 bits per heavy atom. The predicted octanol–water partition coefficient (Wildman–Crippen LogP) is 2.51. The fraction of sp³-hybridized carbons (Fsp3) is 0.238. The van der Waals surface area contributed by atoms with Crippen molar-refractivity contribution < 1.29 is 9.47 Å². The molecule has 1 aliphatic heterocycles. The van der Waals surface area contributed by atoms with Gasteiger partial charge in [0.25, 0.3) is 0 Å². The number of aromatic nitrogens is 2. The molecule has 0 unspecified atom stereocenters. The highest BCUT2D eigenvalue weighted by atomic mass is 16.7. The molecular weight excluding hydrogens is 354 g/mol. The van der Waals surface area contributed by atoms with Gasteiger partial charge in [0, 0.05) is 32.5 Å². The van der Waals surface area contributed by atoms with Crippen molar-refractivity contribution in [1.29, 1.82) is 0 Å². The average Bonchev–Trinajstić information content (AvgIpc) is 3.42. The molecule has 2 heterocycles. The SMILES string of the molecule is CN=C(NCCc1ccc(-n2cccn2)cc1)NCc1ccc2c(c1)OCO2. The van der Waals surface area contributed by atoms with E-state index in [0.29, 0.717) is 13.3 Å². The number of rotatable bonds is 6. The number of hydrogen-bond donors (Lipinski definition) is 2. The molecule has 0 spiro atoms. The summed E-state index contributed by atoms with van der Waals surface area (Å²) in [6.07, 6.45) is 4.62. The molecule has 0 saturated heterocycles. The van der Waals surface area contributed by atoms with Gasteiger partial charge in [-0.15, -0.1) is 0 Å². The van der Waals surface area contributed by atoms with Gasteiger partial charge in [-0.1, -0.05) is 18.2 Å². The maximum absolute atomic E-state index is 5.42. The third-order valence-electron chi connectivity index (χ3n) is 4.53. The fourth-order valence-corrected chi connectivity index (χ4v) is 3.02. The Morgan fingerprint density at radius 2 is 1.89 bits per heavy atom. The van der Waals surface area contributed by atoms with E-state index in [9.17, 15) is 0 Å². The lowest BCUT2D eigenvalue weighted by atomic mass is 10.1. The smallest absolute Gasteiger partial charge is 0.231 e. The van der Waals surface area contributed by atoms with Gasteiger partial charge >= 0.3 is 0 Å². The van der Waals surface area contributed by atoms with Crippen LogP contribution in [0.4, 0.5) is 0 Å². The number of ether oxygens (including phenoxy) is 2. The van der Waals surface area contributed by atoms with Gasteiger partial charge in [-0.3, -0.25) is 4.99 Å². The van der Waals surface area contributed by atoms with Crippen LogP contribution in [0.3, 0.4) is 0 Å². The van der Waals surface area contributed by atoms with Crippen molar-refractivity contribution in [2.75, 3.05) is 20.4 Å². The van der Waals surface area contributed by atoms with E-state index in [1.807, 2.05) is 35.1 Å². The first kappa shape index (κ1) is 17.9. The molecule has 3 aromatic rings. The molecule has 0 saturated carbocycles. The fourth-order valence-electron chi connectivity index (χ4n) is 3.02. The van der Waals surface area contributed by atoms with E-state index in [2.05, 4.69) is 45.0 Å². The average molecular weight is 377 g/mol. The highest BCUT2D eigenvalue weighted by Crippen LogP contribution is 2.32. The maximum Gasteiger partial charge on any atom is 0.231 e. The summed E-state index contributed by atoms with van der Waals surface area (Å²) in [5.41, 5.74) is 3.43. The quantitative estimate of drug-likeness (QED) is 0.510. The molecule has 0 bridgehead atoms. The van der Waals surface area contributed by atoms with Crippen LogP contribution in [0.1, 0.15) is 11.1 Å². The van der Waals surface area contributed by atoms with Gasteiger partial charge < -0.3 is 20.1 Å². The van der Waals surface area contributed by atoms with Crippen LogP contribution in [0.25, 0.3) is 5.69 Å². The molecule has 7 heteroatoms. The molecule has 7 nitrogen and oxygen atoms in total. The lowest BCUT2D eigenvalue weighted by molar-refractivity contribution is 0.174. The molecule has 2 N–H and O–H groups in total. The van der Waals surface area contributed by atoms with Crippen LogP contribution in [0.15, 0.2) is 65.9 Å². The van der Waals surface area contributed by atoms with Crippen molar-refractivity contribution in [3.63, 3.8) is 0 Å². The first-order chi connectivity index (χ1) is 13.8. The second-order valence-electron chi connectivity index (χ2n) is 6.41. The molecule has 4 rings (SSSR count). The summed E-state index contributed by atoms with van der Waals surface area (Å²) in [7, 11) is 1.77. The third-order valence-corrected chi connectivity index (χ3v) is 4.53. The Balaban J connectivity index is 1.24. The number of nitrogens with one attached hydrogen (secondary N) is 2. The summed E-state index contributed by atoms with van der Waals surface area (Å²) in [6, 6.07) is 16.3. The molecule has 1 aliphatic rings. The Hall–Kier alpha value is -3.48. The second kappa shape index (κ2) is 8.47. The van der Waals surface area contributed by atoms with Gasteiger partial charge in [0.1, 0.15) is 0 Å². The van der Waals surface area contributed by atoms with E-state index >= 15 is 0 Å². The van der Waals surface area contributed by atoms with Crippen LogP contribution in [-0.2, 0) is 13.0 Å². The Bertz CT molecular complexity index is 936.